The SMILES string of the molecule is Cc1cc(Br)ccc1NC(=O)COc1cccc(-n2cnnn2)c1. The van der Waals surface area contributed by atoms with Crippen molar-refractivity contribution in [1.82, 2.24) is 20.2 Å². The van der Waals surface area contributed by atoms with Gasteiger partial charge in [0.05, 0.1) is 5.69 Å². The van der Waals surface area contributed by atoms with Crippen LogP contribution in [0.4, 0.5) is 5.69 Å². The normalized spacial score (nSPS) is 10.4. The number of anilines is 1. The first-order chi connectivity index (χ1) is 11.6. The summed E-state index contributed by atoms with van der Waals surface area (Å²) in [6.45, 7) is 1.84. The van der Waals surface area contributed by atoms with Gasteiger partial charge in [-0.3, -0.25) is 4.79 Å². The zero-order valence-electron chi connectivity index (χ0n) is 12.8. The molecular formula is C16H14BrN5O2. The lowest BCUT2D eigenvalue weighted by molar-refractivity contribution is -0.118. The smallest absolute Gasteiger partial charge is 0.262 e. The van der Waals surface area contributed by atoms with Crippen molar-refractivity contribution >= 4 is 27.5 Å². The van der Waals surface area contributed by atoms with Crippen LogP contribution in [0.25, 0.3) is 5.69 Å². The number of carbonyl (C=O) groups is 1. The molecule has 0 spiro atoms. The van der Waals surface area contributed by atoms with E-state index >= 15 is 0 Å². The van der Waals surface area contributed by atoms with Crippen LogP contribution in [0.15, 0.2) is 53.3 Å². The molecule has 7 nitrogen and oxygen atoms in total. The Morgan fingerprint density at radius 2 is 2.17 bits per heavy atom. The van der Waals surface area contributed by atoms with Gasteiger partial charge in [0.15, 0.2) is 6.61 Å². The fraction of sp³-hybridized carbons (Fsp3) is 0.125. The van der Waals surface area contributed by atoms with Gasteiger partial charge in [-0.05, 0) is 53.2 Å². The van der Waals surface area contributed by atoms with Crippen LogP contribution in [0, 0.1) is 6.92 Å². The average molecular weight is 388 g/mol. The van der Waals surface area contributed by atoms with E-state index < -0.39 is 0 Å². The molecule has 1 amide bonds. The number of hydrogen-bond acceptors (Lipinski definition) is 5. The van der Waals surface area contributed by atoms with Crippen molar-refractivity contribution in [3.63, 3.8) is 0 Å². The molecular weight excluding hydrogens is 374 g/mol. The summed E-state index contributed by atoms with van der Waals surface area (Å²) in [5.41, 5.74) is 2.48. The number of halogens is 1. The van der Waals surface area contributed by atoms with Gasteiger partial charge in [0.25, 0.3) is 5.91 Å². The molecule has 3 rings (SSSR count). The number of carbonyl (C=O) groups excluding carboxylic acids is 1. The van der Waals surface area contributed by atoms with Gasteiger partial charge < -0.3 is 10.1 Å². The van der Waals surface area contributed by atoms with Crippen LogP contribution < -0.4 is 10.1 Å². The largest absolute Gasteiger partial charge is 0.484 e. The molecule has 24 heavy (non-hydrogen) atoms. The molecule has 1 heterocycles. The third-order valence-electron chi connectivity index (χ3n) is 3.26. The summed E-state index contributed by atoms with van der Waals surface area (Å²) in [6, 6.07) is 12.8. The lowest BCUT2D eigenvalue weighted by Gasteiger charge is -2.10. The third-order valence-corrected chi connectivity index (χ3v) is 3.76. The van der Waals surface area contributed by atoms with Gasteiger partial charge in [-0.1, -0.05) is 22.0 Å². The van der Waals surface area contributed by atoms with Gasteiger partial charge in [0.1, 0.15) is 12.1 Å². The van der Waals surface area contributed by atoms with Crippen LogP contribution in [-0.4, -0.2) is 32.7 Å². The highest BCUT2D eigenvalue weighted by molar-refractivity contribution is 9.10. The molecule has 0 saturated heterocycles. The second kappa shape index (κ2) is 7.22. The molecule has 1 aromatic heterocycles. The Morgan fingerprint density at radius 3 is 2.92 bits per heavy atom. The van der Waals surface area contributed by atoms with Crippen LogP contribution in [0.2, 0.25) is 0 Å². The quantitative estimate of drug-likeness (QED) is 0.727. The van der Waals surface area contributed by atoms with Crippen molar-refractivity contribution in [3.05, 3.63) is 58.8 Å². The molecule has 1 N–H and O–H groups in total. The average Bonchev–Trinajstić information content (AvgIpc) is 3.10. The number of nitrogens with zero attached hydrogens (tertiary/aromatic N) is 4. The Labute approximate surface area is 146 Å². The van der Waals surface area contributed by atoms with Crippen molar-refractivity contribution in [2.24, 2.45) is 0 Å². The van der Waals surface area contributed by atoms with E-state index in [0.29, 0.717) is 5.75 Å². The summed E-state index contributed by atoms with van der Waals surface area (Å²) in [6.07, 6.45) is 1.49. The predicted molar refractivity (Wildman–Crippen MR) is 92.2 cm³/mol. The number of amides is 1. The highest BCUT2D eigenvalue weighted by atomic mass is 79.9. The number of hydrogen-bond donors (Lipinski definition) is 1. The first-order valence-corrected chi connectivity index (χ1v) is 7.93. The molecule has 0 radical (unpaired) electrons. The summed E-state index contributed by atoms with van der Waals surface area (Å²) < 4.78 is 8.02. The molecule has 0 unspecified atom stereocenters. The fourth-order valence-corrected chi connectivity index (χ4v) is 2.57. The number of tetrazole rings is 1. The first-order valence-electron chi connectivity index (χ1n) is 7.14. The molecule has 0 atom stereocenters. The maximum Gasteiger partial charge on any atom is 0.262 e. The first kappa shape index (κ1) is 16.1. The lowest BCUT2D eigenvalue weighted by Crippen LogP contribution is -2.20. The highest BCUT2D eigenvalue weighted by Gasteiger charge is 2.07. The zero-order chi connectivity index (χ0) is 16.9. The fourth-order valence-electron chi connectivity index (χ4n) is 2.10. The van der Waals surface area contributed by atoms with E-state index in [9.17, 15) is 4.79 Å². The minimum absolute atomic E-state index is 0.0887. The Balaban J connectivity index is 1.61. The number of aromatic nitrogens is 4. The van der Waals surface area contributed by atoms with Crippen molar-refractivity contribution in [3.8, 4) is 11.4 Å². The lowest BCUT2D eigenvalue weighted by atomic mass is 10.2. The Hall–Kier alpha value is -2.74. The van der Waals surface area contributed by atoms with Crippen LogP contribution in [0.3, 0.4) is 0 Å². The third kappa shape index (κ3) is 3.96. The second-order valence-corrected chi connectivity index (χ2v) is 5.96. The van der Waals surface area contributed by atoms with E-state index in [4.69, 9.17) is 4.74 Å². The monoisotopic (exact) mass is 387 g/mol. The van der Waals surface area contributed by atoms with Gasteiger partial charge in [-0.25, -0.2) is 4.68 Å². The van der Waals surface area contributed by atoms with E-state index in [2.05, 4.69) is 36.8 Å². The summed E-state index contributed by atoms with van der Waals surface area (Å²) in [5, 5.41) is 13.8. The second-order valence-electron chi connectivity index (χ2n) is 5.05. The Bertz CT molecular complexity index is 851. The predicted octanol–water partition coefficient (Wildman–Crippen LogP) is 2.75. The van der Waals surface area contributed by atoms with Crippen LogP contribution in [0.5, 0.6) is 5.75 Å². The van der Waals surface area contributed by atoms with Gasteiger partial charge in [-0.2, -0.15) is 0 Å². The van der Waals surface area contributed by atoms with E-state index in [0.717, 1.165) is 21.4 Å². The van der Waals surface area contributed by atoms with E-state index in [1.165, 1.54) is 11.0 Å². The number of benzene rings is 2. The number of nitrogens with one attached hydrogen (secondary N) is 1. The molecule has 0 fully saturated rings. The van der Waals surface area contributed by atoms with Crippen LogP contribution >= 0.6 is 15.9 Å². The highest BCUT2D eigenvalue weighted by Crippen LogP contribution is 2.20. The van der Waals surface area contributed by atoms with Crippen molar-refractivity contribution < 1.29 is 9.53 Å². The maximum atomic E-state index is 12.1. The number of ether oxygens (including phenoxy) is 1. The van der Waals surface area contributed by atoms with Gasteiger partial charge in [0.2, 0.25) is 0 Å². The van der Waals surface area contributed by atoms with Crippen molar-refractivity contribution in [2.45, 2.75) is 6.92 Å². The molecule has 0 aliphatic heterocycles. The molecule has 8 heteroatoms. The van der Waals surface area contributed by atoms with Gasteiger partial charge in [0, 0.05) is 16.2 Å². The van der Waals surface area contributed by atoms with E-state index in [1.807, 2.05) is 37.3 Å². The Morgan fingerprint density at radius 1 is 1.29 bits per heavy atom. The summed E-state index contributed by atoms with van der Waals surface area (Å²) >= 11 is 3.39. The number of rotatable bonds is 5. The molecule has 3 aromatic rings. The van der Waals surface area contributed by atoms with Gasteiger partial charge >= 0.3 is 0 Å². The standard InChI is InChI=1S/C16H14BrN5O2/c1-11-7-12(17)5-6-15(11)19-16(23)9-24-14-4-2-3-13(8-14)22-10-18-20-21-22/h2-8,10H,9H2,1H3,(H,19,23). The molecule has 0 aliphatic carbocycles. The zero-order valence-corrected chi connectivity index (χ0v) is 14.4. The molecule has 122 valence electrons. The number of aryl methyl sites for hydroxylation is 1. The van der Waals surface area contributed by atoms with E-state index in [-0.39, 0.29) is 12.5 Å². The molecule has 2 aromatic carbocycles. The van der Waals surface area contributed by atoms with Crippen LogP contribution in [0.1, 0.15) is 5.56 Å². The Kier molecular flexibility index (Phi) is 4.85. The van der Waals surface area contributed by atoms with E-state index in [1.54, 1.807) is 12.1 Å². The maximum absolute atomic E-state index is 12.1. The topological polar surface area (TPSA) is 81.9 Å². The molecule has 0 bridgehead atoms. The summed E-state index contributed by atoms with van der Waals surface area (Å²) in [7, 11) is 0. The summed E-state index contributed by atoms with van der Waals surface area (Å²) in [5.74, 6) is 0.332. The summed E-state index contributed by atoms with van der Waals surface area (Å²) in [4.78, 5) is 12.1. The molecule has 0 saturated carbocycles. The van der Waals surface area contributed by atoms with Gasteiger partial charge in [-0.15, -0.1) is 5.10 Å². The molecule has 0 aliphatic rings. The minimum atomic E-state index is -0.228. The van der Waals surface area contributed by atoms with Crippen molar-refractivity contribution in [2.75, 3.05) is 11.9 Å². The minimum Gasteiger partial charge on any atom is -0.484 e. The van der Waals surface area contributed by atoms with Crippen molar-refractivity contribution in [1.29, 1.82) is 0 Å². The van der Waals surface area contributed by atoms with Crippen LogP contribution in [-0.2, 0) is 4.79 Å².